The third-order valence-electron chi connectivity index (χ3n) is 3.39. The van der Waals surface area contributed by atoms with Crippen LogP contribution in [0, 0.1) is 0 Å². The highest BCUT2D eigenvalue weighted by atomic mass is 79.9. The van der Waals surface area contributed by atoms with E-state index in [1.165, 1.54) is 4.90 Å². The second-order valence-electron chi connectivity index (χ2n) is 5.80. The maximum absolute atomic E-state index is 12.4. The van der Waals surface area contributed by atoms with E-state index in [4.69, 9.17) is 11.6 Å². The fraction of sp³-hybridized carbons (Fsp3) is 0.312. The molecule has 0 radical (unpaired) electrons. The van der Waals surface area contributed by atoms with Crippen LogP contribution >= 0.6 is 27.5 Å². The Labute approximate surface area is 153 Å². The van der Waals surface area contributed by atoms with Gasteiger partial charge in [0.15, 0.2) is 5.69 Å². The van der Waals surface area contributed by atoms with Gasteiger partial charge in [0, 0.05) is 19.8 Å². The van der Waals surface area contributed by atoms with Gasteiger partial charge in [-0.1, -0.05) is 25.4 Å². The number of nitrogens with zero attached hydrogens (tertiary/aromatic N) is 2. The van der Waals surface area contributed by atoms with E-state index in [1.54, 1.807) is 32.3 Å². The van der Waals surface area contributed by atoms with E-state index < -0.39 is 0 Å². The lowest BCUT2D eigenvalue weighted by Gasteiger charge is -2.13. The second-order valence-corrected chi connectivity index (χ2v) is 7.00. The smallest absolute Gasteiger partial charge is 0.277 e. The van der Waals surface area contributed by atoms with Crippen molar-refractivity contribution >= 4 is 45.0 Å². The Kier molecular flexibility index (Phi) is 5.66. The minimum absolute atomic E-state index is 0.202. The molecule has 1 aromatic carbocycles. The molecule has 2 rings (SSSR count). The normalized spacial score (nSPS) is 10.8. The summed E-state index contributed by atoms with van der Waals surface area (Å²) in [7, 11) is 3.27. The van der Waals surface area contributed by atoms with Crippen LogP contribution in [0.15, 0.2) is 22.7 Å². The van der Waals surface area contributed by atoms with E-state index in [0.717, 1.165) is 5.69 Å². The minimum Gasteiger partial charge on any atom is -0.345 e. The van der Waals surface area contributed by atoms with E-state index in [9.17, 15) is 9.59 Å². The van der Waals surface area contributed by atoms with Gasteiger partial charge in [0.1, 0.15) is 0 Å². The molecule has 0 bridgehead atoms. The summed E-state index contributed by atoms with van der Waals surface area (Å²) in [5, 5.41) is 9.97. The number of hydrogen-bond acceptors (Lipinski definition) is 3. The summed E-state index contributed by atoms with van der Waals surface area (Å²) in [5.74, 6) is -0.414. The van der Waals surface area contributed by atoms with Crippen molar-refractivity contribution in [2.75, 3.05) is 19.4 Å². The number of halogens is 2. The van der Waals surface area contributed by atoms with E-state index in [2.05, 4.69) is 31.4 Å². The molecule has 2 amide bonds. The van der Waals surface area contributed by atoms with Crippen molar-refractivity contribution in [1.29, 1.82) is 0 Å². The number of aromatic amines is 1. The van der Waals surface area contributed by atoms with Crippen LogP contribution < -0.4 is 5.32 Å². The van der Waals surface area contributed by atoms with Gasteiger partial charge in [-0.25, -0.2) is 0 Å². The molecule has 128 valence electrons. The SMILES string of the molecule is CC(C)c1[nH]nc(C(=O)Nc2ccc(Cl)c(C(=O)N(C)C)c2)c1Br. The van der Waals surface area contributed by atoms with Crippen molar-refractivity contribution in [3.63, 3.8) is 0 Å². The molecule has 0 saturated heterocycles. The number of H-pyrrole nitrogens is 1. The number of nitrogens with one attached hydrogen (secondary N) is 2. The number of carbonyl (C=O) groups is 2. The molecule has 0 aliphatic heterocycles. The Morgan fingerprint density at radius 3 is 2.54 bits per heavy atom. The van der Waals surface area contributed by atoms with Crippen LogP contribution in [0.4, 0.5) is 5.69 Å². The van der Waals surface area contributed by atoms with Crippen LogP contribution in [-0.4, -0.2) is 41.0 Å². The number of benzene rings is 1. The summed E-state index contributed by atoms with van der Waals surface area (Å²) in [5.41, 5.74) is 1.90. The maximum atomic E-state index is 12.4. The summed E-state index contributed by atoms with van der Waals surface area (Å²) in [6.45, 7) is 4.00. The first-order valence-electron chi connectivity index (χ1n) is 7.28. The highest BCUT2D eigenvalue weighted by Gasteiger charge is 2.20. The summed E-state index contributed by atoms with van der Waals surface area (Å²) in [6.07, 6.45) is 0. The van der Waals surface area contributed by atoms with Crippen molar-refractivity contribution < 1.29 is 9.59 Å². The Morgan fingerprint density at radius 1 is 1.33 bits per heavy atom. The van der Waals surface area contributed by atoms with Gasteiger partial charge >= 0.3 is 0 Å². The van der Waals surface area contributed by atoms with Gasteiger partial charge in [-0.3, -0.25) is 14.7 Å². The first kappa shape index (κ1) is 18.5. The quantitative estimate of drug-likeness (QED) is 0.798. The lowest BCUT2D eigenvalue weighted by Crippen LogP contribution is -2.22. The molecule has 2 aromatic rings. The Hall–Kier alpha value is -1.86. The lowest BCUT2D eigenvalue weighted by atomic mass is 10.1. The van der Waals surface area contributed by atoms with Crippen LogP contribution in [0.3, 0.4) is 0 Å². The lowest BCUT2D eigenvalue weighted by molar-refractivity contribution is 0.0827. The minimum atomic E-state index is -0.379. The van der Waals surface area contributed by atoms with Crippen LogP contribution in [-0.2, 0) is 0 Å². The molecule has 0 unspecified atom stereocenters. The monoisotopic (exact) mass is 412 g/mol. The van der Waals surface area contributed by atoms with Crippen LogP contribution in [0.2, 0.25) is 5.02 Å². The third kappa shape index (κ3) is 3.79. The number of anilines is 1. The van der Waals surface area contributed by atoms with E-state index in [1.807, 2.05) is 13.8 Å². The molecular formula is C16H18BrClN4O2. The Balaban J connectivity index is 2.27. The Bertz CT molecular complexity index is 786. The average molecular weight is 414 g/mol. The number of aromatic nitrogens is 2. The summed E-state index contributed by atoms with van der Waals surface area (Å²) in [4.78, 5) is 26.0. The van der Waals surface area contributed by atoms with E-state index in [-0.39, 0.29) is 23.4 Å². The van der Waals surface area contributed by atoms with Crippen molar-refractivity contribution in [3.8, 4) is 0 Å². The molecule has 0 spiro atoms. The van der Waals surface area contributed by atoms with Gasteiger partial charge in [0.05, 0.1) is 20.8 Å². The molecule has 0 saturated carbocycles. The molecule has 0 aliphatic carbocycles. The van der Waals surface area contributed by atoms with Crippen LogP contribution in [0.1, 0.15) is 46.3 Å². The first-order valence-corrected chi connectivity index (χ1v) is 8.45. The standard InChI is InChI=1S/C16H18BrClN4O2/c1-8(2)13-12(17)14(21-20-13)15(23)19-9-5-6-11(18)10(7-9)16(24)22(3)4/h5-8H,1-4H3,(H,19,23)(H,20,21). The zero-order chi connectivity index (χ0) is 18.0. The van der Waals surface area contributed by atoms with Gasteiger partial charge in [-0.2, -0.15) is 5.10 Å². The number of rotatable bonds is 4. The molecule has 1 heterocycles. The van der Waals surface area contributed by atoms with Crippen molar-refractivity contribution in [2.24, 2.45) is 0 Å². The molecule has 1 aromatic heterocycles. The Morgan fingerprint density at radius 2 is 2.00 bits per heavy atom. The van der Waals surface area contributed by atoms with Crippen LogP contribution in [0.5, 0.6) is 0 Å². The summed E-state index contributed by atoms with van der Waals surface area (Å²) < 4.78 is 0.633. The van der Waals surface area contributed by atoms with Gasteiger partial charge in [0.25, 0.3) is 11.8 Å². The molecule has 8 heteroatoms. The topological polar surface area (TPSA) is 78.1 Å². The fourth-order valence-electron chi connectivity index (χ4n) is 2.07. The number of hydrogen-bond donors (Lipinski definition) is 2. The summed E-state index contributed by atoms with van der Waals surface area (Å²) in [6, 6.07) is 4.76. The molecule has 0 atom stereocenters. The average Bonchev–Trinajstić information content (AvgIpc) is 2.90. The zero-order valence-electron chi connectivity index (χ0n) is 13.8. The molecule has 24 heavy (non-hydrogen) atoms. The van der Waals surface area contributed by atoms with Crippen LogP contribution in [0.25, 0.3) is 0 Å². The molecule has 0 fully saturated rings. The second kappa shape index (κ2) is 7.36. The van der Waals surface area contributed by atoms with E-state index >= 15 is 0 Å². The van der Waals surface area contributed by atoms with Gasteiger partial charge in [-0.05, 0) is 40.0 Å². The van der Waals surface area contributed by atoms with E-state index in [0.29, 0.717) is 20.7 Å². The molecule has 0 aliphatic rings. The van der Waals surface area contributed by atoms with Crippen molar-refractivity contribution in [1.82, 2.24) is 15.1 Å². The zero-order valence-corrected chi connectivity index (χ0v) is 16.1. The van der Waals surface area contributed by atoms with Gasteiger partial charge in [-0.15, -0.1) is 0 Å². The molecule has 6 nitrogen and oxygen atoms in total. The maximum Gasteiger partial charge on any atom is 0.277 e. The number of amides is 2. The predicted molar refractivity (Wildman–Crippen MR) is 97.8 cm³/mol. The summed E-state index contributed by atoms with van der Waals surface area (Å²) >= 11 is 9.46. The first-order chi connectivity index (χ1) is 11.2. The molecular weight excluding hydrogens is 396 g/mol. The highest BCUT2D eigenvalue weighted by Crippen LogP contribution is 2.27. The largest absolute Gasteiger partial charge is 0.345 e. The number of carbonyl (C=O) groups excluding carboxylic acids is 2. The third-order valence-corrected chi connectivity index (χ3v) is 4.52. The van der Waals surface area contributed by atoms with Crippen molar-refractivity contribution in [3.05, 3.63) is 44.6 Å². The van der Waals surface area contributed by atoms with Gasteiger partial charge in [0.2, 0.25) is 0 Å². The molecule has 2 N–H and O–H groups in total. The van der Waals surface area contributed by atoms with Crippen molar-refractivity contribution in [2.45, 2.75) is 19.8 Å². The predicted octanol–water partition coefficient (Wildman–Crippen LogP) is 3.90. The van der Waals surface area contributed by atoms with Gasteiger partial charge < -0.3 is 10.2 Å². The highest BCUT2D eigenvalue weighted by molar-refractivity contribution is 9.10. The fourth-order valence-corrected chi connectivity index (χ4v) is 3.09.